The molecule has 0 atom stereocenters. The third-order valence-corrected chi connectivity index (χ3v) is 6.22. The Balaban J connectivity index is 1.97. The summed E-state index contributed by atoms with van der Waals surface area (Å²) in [4.78, 5) is 0. The highest BCUT2D eigenvalue weighted by Crippen LogP contribution is 2.48. The Bertz CT molecular complexity index is 1310. The van der Waals surface area contributed by atoms with Crippen molar-refractivity contribution in [3.8, 4) is 33.5 Å². The van der Waals surface area contributed by atoms with Gasteiger partial charge in [-0.05, 0) is 50.6 Å². The molecule has 0 unspecified atom stereocenters. The Kier molecular flexibility index (Phi) is 4.71. The van der Waals surface area contributed by atoms with Crippen LogP contribution in [0.15, 0.2) is 66.9 Å². The molecule has 0 N–H and O–H groups in total. The van der Waals surface area contributed by atoms with E-state index in [2.05, 4.69) is 99.2 Å². The number of hydrogen-bond donors (Lipinski definition) is 0. The Morgan fingerprint density at radius 1 is 0.839 bits per heavy atom. The van der Waals surface area contributed by atoms with E-state index in [1.807, 2.05) is 0 Å². The molecule has 0 saturated carbocycles. The van der Waals surface area contributed by atoms with E-state index in [4.69, 9.17) is 4.74 Å². The van der Waals surface area contributed by atoms with Gasteiger partial charge in [0.25, 0.3) is 0 Å². The summed E-state index contributed by atoms with van der Waals surface area (Å²) in [5, 5.41) is 2.59. The van der Waals surface area contributed by atoms with Crippen LogP contribution in [0.2, 0.25) is 0 Å². The van der Waals surface area contributed by atoms with Gasteiger partial charge in [-0.1, -0.05) is 75.4 Å². The summed E-state index contributed by atoms with van der Waals surface area (Å²) in [6.45, 7) is 7.51. The predicted molar refractivity (Wildman–Crippen MR) is 129 cm³/mol. The lowest BCUT2D eigenvalue weighted by Gasteiger charge is -2.21. The van der Waals surface area contributed by atoms with E-state index < -0.39 is 0 Å². The van der Waals surface area contributed by atoms with E-state index in [0.717, 1.165) is 6.42 Å². The number of ether oxygens (including phenoxy) is 1. The predicted octanol–water partition coefficient (Wildman–Crippen LogP) is 6.71. The Morgan fingerprint density at radius 3 is 2.26 bits per heavy atom. The Morgan fingerprint density at radius 2 is 1.55 bits per heavy atom. The van der Waals surface area contributed by atoms with E-state index in [9.17, 15) is 0 Å². The van der Waals surface area contributed by atoms with Gasteiger partial charge in [0.15, 0.2) is 6.20 Å². The molecule has 2 nitrogen and oxygen atoms in total. The molecule has 0 amide bonds. The molecule has 1 aromatic heterocycles. The fourth-order valence-corrected chi connectivity index (χ4v) is 5.14. The maximum Gasteiger partial charge on any atom is 0.221 e. The maximum atomic E-state index is 5.72. The monoisotopic (exact) mass is 408 g/mol. The van der Waals surface area contributed by atoms with Crippen molar-refractivity contribution in [1.29, 1.82) is 0 Å². The van der Waals surface area contributed by atoms with Gasteiger partial charge in [-0.15, -0.1) is 0 Å². The van der Waals surface area contributed by atoms with Crippen molar-refractivity contribution in [2.75, 3.05) is 7.11 Å². The minimum Gasteiger partial charge on any atom is -0.380 e. The second-order valence-corrected chi connectivity index (χ2v) is 9.94. The number of hydrogen-bond acceptors (Lipinski definition) is 1. The minimum atomic E-state index is 0.219. The van der Waals surface area contributed by atoms with Gasteiger partial charge in [0.05, 0.1) is 17.6 Å². The third-order valence-electron chi connectivity index (χ3n) is 6.22. The van der Waals surface area contributed by atoms with Crippen LogP contribution < -0.4 is 4.57 Å². The van der Waals surface area contributed by atoms with Crippen LogP contribution >= 0.6 is 0 Å². The summed E-state index contributed by atoms with van der Waals surface area (Å²) in [5.74, 6) is 0. The normalized spacial score (nSPS) is 12.4. The first-order chi connectivity index (χ1) is 14.9. The van der Waals surface area contributed by atoms with Crippen LogP contribution in [0.1, 0.15) is 31.9 Å². The van der Waals surface area contributed by atoms with Crippen molar-refractivity contribution < 1.29 is 9.30 Å². The standard InChI is InChI=1S/C29H30NO/c1-29(2,3)17-19-15-21(18-31-5)27-25(16-19)23-11-7-6-10-22(23)24-12-8-9-20-13-14-30(4)28(27)26(20)24/h6-16H,17-18H2,1-5H3/q+1. The van der Waals surface area contributed by atoms with Gasteiger partial charge in [0.2, 0.25) is 5.69 Å². The fraction of sp³-hybridized carbons (Fsp3) is 0.276. The van der Waals surface area contributed by atoms with Crippen LogP contribution in [0.5, 0.6) is 0 Å². The topological polar surface area (TPSA) is 13.1 Å². The van der Waals surface area contributed by atoms with E-state index in [0.29, 0.717) is 6.61 Å². The SMILES string of the molecule is COCc1cc(CC(C)(C)C)cc2c1-c1c3c(cccc3cc[n+]1C)-c1ccccc1-2. The highest BCUT2D eigenvalue weighted by atomic mass is 16.5. The molecule has 3 aromatic carbocycles. The van der Waals surface area contributed by atoms with Crippen molar-refractivity contribution in [3.05, 3.63) is 78.0 Å². The number of aryl methyl sites for hydroxylation is 1. The first-order valence-electron chi connectivity index (χ1n) is 11.0. The molecule has 0 radical (unpaired) electrons. The number of pyridine rings is 1. The second-order valence-electron chi connectivity index (χ2n) is 9.94. The highest BCUT2D eigenvalue weighted by molar-refractivity contribution is 6.11. The summed E-state index contributed by atoms with van der Waals surface area (Å²) in [7, 11) is 3.95. The summed E-state index contributed by atoms with van der Waals surface area (Å²) in [6.07, 6.45) is 3.21. The molecule has 4 aromatic rings. The molecule has 0 fully saturated rings. The largest absolute Gasteiger partial charge is 0.380 e. The molecule has 2 heteroatoms. The van der Waals surface area contributed by atoms with Crippen molar-refractivity contribution >= 4 is 10.8 Å². The van der Waals surface area contributed by atoms with Gasteiger partial charge < -0.3 is 4.74 Å². The zero-order valence-electron chi connectivity index (χ0n) is 19.1. The molecule has 31 heavy (non-hydrogen) atoms. The molecule has 1 aliphatic carbocycles. The lowest BCUT2D eigenvalue weighted by molar-refractivity contribution is -0.659. The maximum absolute atomic E-state index is 5.72. The third kappa shape index (κ3) is 3.36. The molecule has 0 spiro atoms. The lowest BCUT2D eigenvalue weighted by Crippen LogP contribution is -2.31. The average Bonchev–Trinajstić information content (AvgIpc) is 2.85. The van der Waals surface area contributed by atoms with Crippen molar-refractivity contribution in [1.82, 2.24) is 0 Å². The van der Waals surface area contributed by atoms with E-state index in [-0.39, 0.29) is 5.41 Å². The average molecular weight is 409 g/mol. The van der Waals surface area contributed by atoms with E-state index >= 15 is 0 Å². The molecular weight excluding hydrogens is 378 g/mol. The number of benzene rings is 3. The number of aromatic nitrogens is 1. The molecule has 0 bridgehead atoms. The minimum absolute atomic E-state index is 0.219. The van der Waals surface area contributed by atoms with Crippen molar-refractivity contribution in [3.63, 3.8) is 0 Å². The number of methoxy groups -OCH3 is 1. The molecule has 1 heterocycles. The highest BCUT2D eigenvalue weighted by Gasteiger charge is 2.30. The number of rotatable bonds is 3. The number of fused-ring (bicyclic) bond motifs is 5. The number of nitrogens with zero attached hydrogens (tertiary/aromatic N) is 1. The molecule has 5 rings (SSSR count). The van der Waals surface area contributed by atoms with Crippen LogP contribution in [0.25, 0.3) is 44.3 Å². The fourth-order valence-electron chi connectivity index (χ4n) is 5.14. The lowest BCUT2D eigenvalue weighted by atomic mass is 9.84. The molecule has 156 valence electrons. The van der Waals surface area contributed by atoms with Gasteiger partial charge in [-0.25, -0.2) is 4.57 Å². The van der Waals surface area contributed by atoms with Crippen LogP contribution in [-0.2, 0) is 24.8 Å². The van der Waals surface area contributed by atoms with Gasteiger partial charge in [0.1, 0.15) is 7.05 Å². The van der Waals surface area contributed by atoms with E-state index in [1.165, 1.54) is 55.4 Å². The van der Waals surface area contributed by atoms with Gasteiger partial charge in [-0.2, -0.15) is 0 Å². The second kappa shape index (κ2) is 7.32. The van der Waals surface area contributed by atoms with Crippen LogP contribution in [-0.4, -0.2) is 7.11 Å². The zero-order chi connectivity index (χ0) is 21.8. The van der Waals surface area contributed by atoms with Crippen molar-refractivity contribution in [2.24, 2.45) is 12.5 Å². The smallest absolute Gasteiger partial charge is 0.221 e. The van der Waals surface area contributed by atoms with Crippen LogP contribution in [0.4, 0.5) is 0 Å². The molecule has 0 saturated heterocycles. The van der Waals surface area contributed by atoms with Gasteiger partial charge >= 0.3 is 0 Å². The Hall–Kier alpha value is -2.97. The molecular formula is C29H30NO+. The van der Waals surface area contributed by atoms with Crippen LogP contribution in [0.3, 0.4) is 0 Å². The summed E-state index contributed by atoms with van der Waals surface area (Å²) < 4.78 is 8.00. The van der Waals surface area contributed by atoms with Crippen LogP contribution in [0, 0.1) is 5.41 Å². The zero-order valence-corrected chi connectivity index (χ0v) is 19.1. The summed E-state index contributed by atoms with van der Waals surface area (Å²) >= 11 is 0. The van der Waals surface area contributed by atoms with Gasteiger partial charge in [0, 0.05) is 13.2 Å². The first-order valence-corrected chi connectivity index (χ1v) is 11.0. The van der Waals surface area contributed by atoms with Crippen molar-refractivity contribution in [2.45, 2.75) is 33.8 Å². The summed E-state index contributed by atoms with van der Waals surface area (Å²) in [6, 6.07) is 22.5. The van der Waals surface area contributed by atoms with E-state index in [1.54, 1.807) is 7.11 Å². The summed E-state index contributed by atoms with van der Waals surface area (Å²) in [5.41, 5.74) is 10.6. The Labute approximate surface area is 185 Å². The first kappa shape index (κ1) is 20.0. The molecule has 1 aliphatic rings. The van der Waals surface area contributed by atoms with Gasteiger partial charge in [-0.3, -0.25) is 0 Å². The quantitative estimate of drug-likeness (QED) is 0.302. The molecule has 0 aliphatic heterocycles.